The van der Waals surface area contributed by atoms with Crippen molar-refractivity contribution in [1.82, 2.24) is 9.97 Å². The lowest BCUT2D eigenvalue weighted by Crippen LogP contribution is -2.12. The second-order valence-electron chi connectivity index (χ2n) is 3.88. The van der Waals surface area contributed by atoms with Crippen LogP contribution in [-0.4, -0.2) is 16.1 Å². The molecule has 1 atom stereocenters. The zero-order valence-corrected chi connectivity index (χ0v) is 11.2. The first-order chi connectivity index (χ1) is 7.02. The first-order valence-electron chi connectivity index (χ1n) is 5.24. The van der Waals surface area contributed by atoms with E-state index in [0.717, 1.165) is 16.8 Å². The minimum Gasteiger partial charge on any atom is -0.475 e. The third-order valence-corrected chi connectivity index (χ3v) is 2.51. The fraction of sp³-hybridized carbons (Fsp3) is 0.636. The Hall–Kier alpha value is -0.640. The highest BCUT2D eigenvalue weighted by atomic mass is 79.9. The molecule has 3 nitrogen and oxygen atoms in total. The Morgan fingerprint density at radius 1 is 1.33 bits per heavy atom. The Balaban J connectivity index is 2.88. The Bertz CT molecular complexity index is 328. The molecule has 1 aromatic heterocycles. The largest absolute Gasteiger partial charge is 0.475 e. The van der Waals surface area contributed by atoms with E-state index < -0.39 is 0 Å². The summed E-state index contributed by atoms with van der Waals surface area (Å²) in [5.41, 5.74) is 0. The molecule has 1 unspecified atom stereocenters. The lowest BCUT2D eigenvalue weighted by Gasteiger charge is -2.13. The van der Waals surface area contributed by atoms with Crippen LogP contribution in [0.5, 0.6) is 5.88 Å². The van der Waals surface area contributed by atoms with Crippen LogP contribution in [0.15, 0.2) is 10.7 Å². The topological polar surface area (TPSA) is 35.0 Å². The van der Waals surface area contributed by atoms with E-state index in [0.29, 0.717) is 11.8 Å². The summed E-state index contributed by atoms with van der Waals surface area (Å²) in [5.74, 6) is 1.76. The predicted octanol–water partition coefficient (Wildman–Crippen LogP) is 3.54. The zero-order chi connectivity index (χ0) is 11.4. The standard InChI is InChI=1S/C11H17BrN2O/c1-5-8(4)15-10-6-9(12)13-11(14-10)7(2)3/h6-8H,5H2,1-4H3. The maximum Gasteiger partial charge on any atom is 0.217 e. The zero-order valence-electron chi connectivity index (χ0n) is 9.62. The molecule has 0 aliphatic heterocycles. The molecule has 0 spiro atoms. The maximum absolute atomic E-state index is 5.65. The summed E-state index contributed by atoms with van der Waals surface area (Å²) in [6, 6.07) is 1.80. The molecule has 0 aromatic carbocycles. The normalized spacial score (nSPS) is 12.9. The molecule has 0 amide bonds. The molecule has 0 aliphatic rings. The lowest BCUT2D eigenvalue weighted by molar-refractivity contribution is 0.207. The van der Waals surface area contributed by atoms with E-state index in [4.69, 9.17) is 4.74 Å². The van der Waals surface area contributed by atoms with Crippen molar-refractivity contribution in [2.75, 3.05) is 0 Å². The molecule has 0 radical (unpaired) electrons. The second kappa shape index (κ2) is 5.45. The van der Waals surface area contributed by atoms with Gasteiger partial charge in [-0.2, -0.15) is 4.98 Å². The minimum absolute atomic E-state index is 0.187. The molecule has 0 aliphatic carbocycles. The van der Waals surface area contributed by atoms with Gasteiger partial charge < -0.3 is 4.74 Å². The maximum atomic E-state index is 5.65. The van der Waals surface area contributed by atoms with Gasteiger partial charge in [0.25, 0.3) is 0 Å². The van der Waals surface area contributed by atoms with Gasteiger partial charge in [0.15, 0.2) is 0 Å². The average molecular weight is 273 g/mol. The third-order valence-electron chi connectivity index (χ3n) is 2.10. The number of rotatable bonds is 4. The Labute approximate surface area is 99.4 Å². The molecule has 1 rings (SSSR count). The number of hydrogen-bond donors (Lipinski definition) is 0. The van der Waals surface area contributed by atoms with E-state index >= 15 is 0 Å². The molecule has 4 heteroatoms. The molecule has 0 bridgehead atoms. The molecule has 0 N–H and O–H groups in total. The first-order valence-corrected chi connectivity index (χ1v) is 6.03. The smallest absolute Gasteiger partial charge is 0.217 e. The highest BCUT2D eigenvalue weighted by Gasteiger charge is 2.09. The quantitative estimate of drug-likeness (QED) is 0.787. The molecule has 0 saturated heterocycles. The van der Waals surface area contributed by atoms with Crippen LogP contribution in [0.25, 0.3) is 0 Å². The van der Waals surface area contributed by atoms with Gasteiger partial charge in [0.05, 0.1) is 6.10 Å². The first kappa shape index (κ1) is 12.4. The summed E-state index contributed by atoms with van der Waals surface area (Å²) in [6.45, 7) is 8.25. The van der Waals surface area contributed by atoms with E-state index in [-0.39, 0.29) is 6.10 Å². The van der Waals surface area contributed by atoms with E-state index in [2.05, 4.69) is 46.7 Å². The molecule has 84 valence electrons. The number of hydrogen-bond acceptors (Lipinski definition) is 3. The molecule has 1 heterocycles. The fourth-order valence-corrected chi connectivity index (χ4v) is 1.40. The highest BCUT2D eigenvalue weighted by Crippen LogP contribution is 2.20. The van der Waals surface area contributed by atoms with Crippen LogP contribution < -0.4 is 4.74 Å². The van der Waals surface area contributed by atoms with E-state index in [1.54, 1.807) is 6.07 Å². The molecule has 0 fully saturated rings. The molecule has 0 saturated carbocycles. The SMILES string of the molecule is CCC(C)Oc1cc(Br)nc(C(C)C)n1. The fourth-order valence-electron chi connectivity index (χ4n) is 1.02. The van der Waals surface area contributed by atoms with E-state index in [9.17, 15) is 0 Å². The lowest BCUT2D eigenvalue weighted by atomic mass is 10.2. The number of aromatic nitrogens is 2. The average Bonchev–Trinajstić information content (AvgIpc) is 2.16. The van der Waals surface area contributed by atoms with Gasteiger partial charge in [-0.1, -0.05) is 20.8 Å². The predicted molar refractivity (Wildman–Crippen MR) is 64.2 cm³/mol. The number of halogens is 1. The minimum atomic E-state index is 0.187. The van der Waals surface area contributed by atoms with Crippen LogP contribution in [0, 0.1) is 0 Å². The molecule has 15 heavy (non-hydrogen) atoms. The summed E-state index contributed by atoms with van der Waals surface area (Å²) in [5, 5.41) is 0. The van der Waals surface area contributed by atoms with Gasteiger partial charge >= 0.3 is 0 Å². The van der Waals surface area contributed by atoms with Gasteiger partial charge in [0.2, 0.25) is 5.88 Å². The monoisotopic (exact) mass is 272 g/mol. The number of ether oxygens (including phenoxy) is 1. The Kier molecular flexibility index (Phi) is 4.51. The van der Waals surface area contributed by atoms with Gasteiger partial charge in [0, 0.05) is 12.0 Å². The van der Waals surface area contributed by atoms with Crippen LogP contribution in [0.4, 0.5) is 0 Å². The van der Waals surface area contributed by atoms with Crippen molar-refractivity contribution in [3.8, 4) is 5.88 Å². The summed E-state index contributed by atoms with van der Waals surface area (Å²) in [6.07, 6.45) is 1.16. The van der Waals surface area contributed by atoms with Gasteiger partial charge in [-0.3, -0.25) is 0 Å². The van der Waals surface area contributed by atoms with Gasteiger partial charge in [0.1, 0.15) is 10.4 Å². The van der Waals surface area contributed by atoms with Crippen LogP contribution >= 0.6 is 15.9 Å². The van der Waals surface area contributed by atoms with Crippen LogP contribution in [-0.2, 0) is 0 Å². The van der Waals surface area contributed by atoms with Crippen LogP contribution in [0.1, 0.15) is 45.9 Å². The summed E-state index contributed by atoms with van der Waals surface area (Å²) in [7, 11) is 0. The second-order valence-corrected chi connectivity index (χ2v) is 4.69. The van der Waals surface area contributed by atoms with Crippen molar-refractivity contribution < 1.29 is 4.74 Å². The summed E-state index contributed by atoms with van der Waals surface area (Å²) >= 11 is 3.36. The Morgan fingerprint density at radius 3 is 2.53 bits per heavy atom. The van der Waals surface area contributed by atoms with Crippen molar-refractivity contribution in [3.63, 3.8) is 0 Å². The van der Waals surface area contributed by atoms with Crippen molar-refractivity contribution in [2.45, 2.75) is 46.1 Å². The molecule has 1 aromatic rings. The summed E-state index contributed by atoms with van der Waals surface area (Å²) < 4.78 is 6.43. The summed E-state index contributed by atoms with van der Waals surface area (Å²) in [4.78, 5) is 8.65. The van der Waals surface area contributed by atoms with Crippen molar-refractivity contribution >= 4 is 15.9 Å². The van der Waals surface area contributed by atoms with Crippen LogP contribution in [0.2, 0.25) is 0 Å². The van der Waals surface area contributed by atoms with Crippen molar-refractivity contribution in [2.24, 2.45) is 0 Å². The highest BCUT2D eigenvalue weighted by molar-refractivity contribution is 9.10. The van der Waals surface area contributed by atoms with Gasteiger partial charge in [-0.25, -0.2) is 4.98 Å². The molecular formula is C11H17BrN2O. The van der Waals surface area contributed by atoms with Crippen molar-refractivity contribution in [1.29, 1.82) is 0 Å². The number of nitrogens with zero attached hydrogens (tertiary/aromatic N) is 2. The Morgan fingerprint density at radius 2 is 2.00 bits per heavy atom. The van der Waals surface area contributed by atoms with E-state index in [1.807, 2.05) is 6.92 Å². The van der Waals surface area contributed by atoms with E-state index in [1.165, 1.54) is 0 Å². The third kappa shape index (κ3) is 3.78. The van der Waals surface area contributed by atoms with Crippen molar-refractivity contribution in [3.05, 3.63) is 16.5 Å². The van der Waals surface area contributed by atoms with Gasteiger partial charge in [-0.15, -0.1) is 0 Å². The van der Waals surface area contributed by atoms with Gasteiger partial charge in [-0.05, 0) is 29.3 Å². The molecular weight excluding hydrogens is 256 g/mol. The van der Waals surface area contributed by atoms with Crippen LogP contribution in [0.3, 0.4) is 0 Å².